The summed E-state index contributed by atoms with van der Waals surface area (Å²) in [5, 5.41) is 3.97. The number of hydrogen-bond donors (Lipinski definition) is 1. The third-order valence-corrected chi connectivity index (χ3v) is 3.71. The Kier molecular flexibility index (Phi) is 4.52. The largest absolute Gasteiger partial charge is 0.497 e. The van der Waals surface area contributed by atoms with Gasteiger partial charge in [-0.25, -0.2) is 0 Å². The molecule has 0 bridgehead atoms. The molecular formula is C19H18N2O2. The number of nitrogens with zero attached hydrogens (tertiary/aromatic N) is 1. The van der Waals surface area contributed by atoms with Gasteiger partial charge >= 0.3 is 0 Å². The van der Waals surface area contributed by atoms with Crippen molar-refractivity contribution in [3.63, 3.8) is 0 Å². The molecule has 0 atom stereocenters. The van der Waals surface area contributed by atoms with Crippen molar-refractivity contribution in [1.29, 1.82) is 0 Å². The topological polar surface area (TPSA) is 51.2 Å². The maximum Gasteiger partial charge on any atom is 0.224 e. The first kappa shape index (κ1) is 15.0. The van der Waals surface area contributed by atoms with E-state index in [9.17, 15) is 4.79 Å². The molecule has 0 unspecified atom stereocenters. The van der Waals surface area contributed by atoms with Crippen LogP contribution in [0.5, 0.6) is 5.75 Å². The predicted octanol–water partition coefficient (Wildman–Crippen LogP) is 3.81. The Morgan fingerprint density at radius 1 is 1.09 bits per heavy atom. The van der Waals surface area contributed by atoms with Gasteiger partial charge in [0.2, 0.25) is 5.91 Å². The normalized spacial score (nSPS) is 10.5. The van der Waals surface area contributed by atoms with Crippen molar-refractivity contribution < 1.29 is 9.53 Å². The van der Waals surface area contributed by atoms with E-state index in [1.165, 1.54) is 0 Å². The van der Waals surface area contributed by atoms with Crippen LogP contribution in [0, 0.1) is 0 Å². The fraction of sp³-hybridized carbons (Fsp3) is 0.158. The molecule has 0 aliphatic carbocycles. The molecule has 3 rings (SSSR count). The summed E-state index contributed by atoms with van der Waals surface area (Å²) >= 11 is 0. The van der Waals surface area contributed by atoms with Crippen molar-refractivity contribution in [3.05, 3.63) is 66.4 Å². The van der Waals surface area contributed by atoms with Crippen LogP contribution in [-0.4, -0.2) is 18.0 Å². The minimum atomic E-state index is -0.0148. The van der Waals surface area contributed by atoms with Gasteiger partial charge in [-0.2, -0.15) is 0 Å². The fourth-order valence-electron chi connectivity index (χ4n) is 2.47. The van der Waals surface area contributed by atoms with Crippen LogP contribution in [0.3, 0.4) is 0 Å². The van der Waals surface area contributed by atoms with Gasteiger partial charge in [0, 0.05) is 18.0 Å². The van der Waals surface area contributed by atoms with Crippen LogP contribution in [0.1, 0.15) is 12.0 Å². The number of nitrogens with one attached hydrogen (secondary N) is 1. The van der Waals surface area contributed by atoms with Crippen molar-refractivity contribution in [2.75, 3.05) is 12.4 Å². The Balaban J connectivity index is 1.64. The van der Waals surface area contributed by atoms with Gasteiger partial charge in [0.05, 0.1) is 18.3 Å². The molecule has 0 aliphatic heterocycles. The third kappa shape index (κ3) is 3.66. The molecule has 1 N–H and O–H groups in total. The molecule has 0 fully saturated rings. The molecule has 4 heteroatoms. The first-order chi connectivity index (χ1) is 11.3. The highest BCUT2D eigenvalue weighted by Crippen LogP contribution is 2.21. The molecule has 1 amide bonds. The average molecular weight is 306 g/mol. The number of aryl methyl sites for hydroxylation is 1. The number of para-hydroxylation sites is 1. The van der Waals surface area contributed by atoms with Crippen molar-refractivity contribution in [1.82, 2.24) is 4.98 Å². The quantitative estimate of drug-likeness (QED) is 0.779. The third-order valence-electron chi connectivity index (χ3n) is 3.71. The fourth-order valence-corrected chi connectivity index (χ4v) is 2.47. The van der Waals surface area contributed by atoms with E-state index in [0.29, 0.717) is 12.8 Å². The van der Waals surface area contributed by atoms with E-state index in [4.69, 9.17) is 4.74 Å². The number of methoxy groups -OCH3 is 1. The second-order valence-electron chi connectivity index (χ2n) is 5.28. The van der Waals surface area contributed by atoms with Crippen molar-refractivity contribution in [2.45, 2.75) is 12.8 Å². The number of fused-ring (bicyclic) bond motifs is 1. The number of amides is 1. The first-order valence-electron chi connectivity index (χ1n) is 7.53. The van der Waals surface area contributed by atoms with Gasteiger partial charge in [0.1, 0.15) is 5.75 Å². The molecule has 1 heterocycles. The maximum absolute atomic E-state index is 12.2. The Bertz CT molecular complexity index is 808. The van der Waals surface area contributed by atoms with E-state index < -0.39 is 0 Å². The molecule has 0 aliphatic rings. The molecule has 0 spiro atoms. The van der Waals surface area contributed by atoms with Gasteiger partial charge < -0.3 is 10.1 Å². The molecule has 0 radical (unpaired) electrons. The van der Waals surface area contributed by atoms with Gasteiger partial charge in [-0.3, -0.25) is 9.78 Å². The predicted molar refractivity (Wildman–Crippen MR) is 91.7 cm³/mol. The van der Waals surface area contributed by atoms with Crippen LogP contribution in [-0.2, 0) is 11.2 Å². The van der Waals surface area contributed by atoms with Crippen LogP contribution in [0.25, 0.3) is 10.9 Å². The van der Waals surface area contributed by atoms with Crippen LogP contribution in [0.2, 0.25) is 0 Å². The monoisotopic (exact) mass is 306 g/mol. The van der Waals surface area contributed by atoms with E-state index in [1.54, 1.807) is 13.3 Å². The van der Waals surface area contributed by atoms with Crippen LogP contribution in [0.4, 0.5) is 5.69 Å². The van der Waals surface area contributed by atoms with Crippen LogP contribution in [0.15, 0.2) is 60.8 Å². The Morgan fingerprint density at radius 3 is 2.65 bits per heavy atom. The minimum absolute atomic E-state index is 0.0148. The summed E-state index contributed by atoms with van der Waals surface area (Å²) in [7, 11) is 1.64. The van der Waals surface area contributed by atoms with E-state index in [1.807, 2.05) is 54.6 Å². The zero-order valence-corrected chi connectivity index (χ0v) is 13.0. The lowest BCUT2D eigenvalue weighted by Crippen LogP contribution is -2.12. The smallest absolute Gasteiger partial charge is 0.224 e. The van der Waals surface area contributed by atoms with Crippen molar-refractivity contribution >= 4 is 22.5 Å². The number of carbonyl (C=O) groups excluding carboxylic acids is 1. The number of ether oxygens (including phenoxy) is 1. The number of pyridine rings is 1. The lowest BCUT2D eigenvalue weighted by molar-refractivity contribution is -0.116. The summed E-state index contributed by atoms with van der Waals surface area (Å²) in [4.78, 5) is 16.5. The lowest BCUT2D eigenvalue weighted by Gasteiger charge is -2.08. The van der Waals surface area contributed by atoms with Gasteiger partial charge in [-0.15, -0.1) is 0 Å². The summed E-state index contributed by atoms with van der Waals surface area (Å²) < 4.78 is 5.13. The van der Waals surface area contributed by atoms with Gasteiger partial charge in [-0.05, 0) is 36.2 Å². The number of rotatable bonds is 5. The maximum atomic E-state index is 12.2. The first-order valence-corrected chi connectivity index (χ1v) is 7.53. The molecule has 116 valence electrons. The van der Waals surface area contributed by atoms with Gasteiger partial charge in [0.15, 0.2) is 0 Å². The summed E-state index contributed by atoms with van der Waals surface area (Å²) in [6.45, 7) is 0. The van der Waals surface area contributed by atoms with E-state index in [2.05, 4.69) is 10.3 Å². The minimum Gasteiger partial charge on any atom is -0.497 e. The molecule has 3 aromatic rings. The molecule has 1 aromatic heterocycles. The van der Waals surface area contributed by atoms with E-state index >= 15 is 0 Å². The Labute approximate surface area is 135 Å². The highest BCUT2D eigenvalue weighted by Gasteiger charge is 2.07. The zero-order valence-electron chi connectivity index (χ0n) is 13.0. The lowest BCUT2D eigenvalue weighted by atomic mass is 10.1. The van der Waals surface area contributed by atoms with Crippen molar-refractivity contribution in [3.8, 4) is 5.75 Å². The summed E-state index contributed by atoms with van der Waals surface area (Å²) in [5.41, 5.74) is 2.67. The van der Waals surface area contributed by atoms with Crippen molar-refractivity contribution in [2.24, 2.45) is 0 Å². The number of hydrogen-bond acceptors (Lipinski definition) is 3. The SMILES string of the molecule is COc1ccc(CCC(=O)Nc2cccc3cccnc23)cc1. The second-order valence-corrected chi connectivity index (χ2v) is 5.28. The van der Waals surface area contributed by atoms with Crippen LogP contribution < -0.4 is 10.1 Å². The standard InChI is InChI=1S/C19H18N2O2/c1-23-16-10-7-14(8-11-16)9-12-18(22)21-17-6-2-4-15-5-3-13-20-19(15)17/h2-8,10-11,13H,9,12H2,1H3,(H,21,22). The van der Waals surface area contributed by atoms with Gasteiger partial charge in [0.25, 0.3) is 0 Å². The Morgan fingerprint density at radius 2 is 1.87 bits per heavy atom. The molecule has 2 aromatic carbocycles. The summed E-state index contributed by atoms with van der Waals surface area (Å²) in [6, 6.07) is 17.4. The highest BCUT2D eigenvalue weighted by atomic mass is 16.5. The molecule has 4 nitrogen and oxygen atoms in total. The number of anilines is 1. The van der Waals surface area contributed by atoms with Crippen LogP contribution >= 0.6 is 0 Å². The second kappa shape index (κ2) is 6.92. The summed E-state index contributed by atoms with van der Waals surface area (Å²) in [6.07, 6.45) is 2.85. The molecule has 23 heavy (non-hydrogen) atoms. The molecule has 0 saturated heterocycles. The number of benzene rings is 2. The summed E-state index contributed by atoms with van der Waals surface area (Å²) in [5.74, 6) is 0.805. The van der Waals surface area contributed by atoms with E-state index in [0.717, 1.165) is 27.9 Å². The highest BCUT2D eigenvalue weighted by molar-refractivity contribution is 6.00. The molecule has 0 saturated carbocycles. The number of aromatic nitrogens is 1. The average Bonchev–Trinajstić information content (AvgIpc) is 2.61. The molecular weight excluding hydrogens is 288 g/mol. The number of carbonyl (C=O) groups is 1. The van der Waals surface area contributed by atoms with E-state index in [-0.39, 0.29) is 5.91 Å². The van der Waals surface area contributed by atoms with Gasteiger partial charge in [-0.1, -0.05) is 30.3 Å². The Hall–Kier alpha value is -2.88. The zero-order chi connectivity index (χ0) is 16.1.